The molecule has 1 atom stereocenters. The van der Waals surface area contributed by atoms with Gasteiger partial charge in [0.1, 0.15) is 17.4 Å². The van der Waals surface area contributed by atoms with Crippen molar-refractivity contribution < 1.29 is 19.1 Å². The van der Waals surface area contributed by atoms with Crippen molar-refractivity contribution in [1.82, 2.24) is 0 Å². The van der Waals surface area contributed by atoms with Crippen LogP contribution in [0.5, 0.6) is 5.75 Å². The Labute approximate surface area is 123 Å². The molecule has 1 rings (SSSR count). The van der Waals surface area contributed by atoms with Gasteiger partial charge in [-0.3, -0.25) is 9.59 Å². The molecule has 6 nitrogen and oxygen atoms in total. The number of amides is 1. The van der Waals surface area contributed by atoms with E-state index in [9.17, 15) is 9.59 Å². The minimum Gasteiger partial charge on any atom is -0.427 e. The Morgan fingerprint density at radius 3 is 2.57 bits per heavy atom. The predicted octanol–water partition coefficient (Wildman–Crippen LogP) is 2.24. The zero-order valence-corrected chi connectivity index (χ0v) is 12.5. The van der Waals surface area contributed by atoms with E-state index in [0.717, 1.165) is 0 Å². The molecule has 6 heteroatoms. The summed E-state index contributed by atoms with van der Waals surface area (Å²) in [5.74, 6) is -0.570. The summed E-state index contributed by atoms with van der Waals surface area (Å²) in [4.78, 5) is 23.1. The first-order valence-corrected chi connectivity index (χ1v) is 6.45. The van der Waals surface area contributed by atoms with Gasteiger partial charge in [0.2, 0.25) is 0 Å². The maximum Gasteiger partial charge on any atom is 0.308 e. The van der Waals surface area contributed by atoms with Crippen molar-refractivity contribution >= 4 is 17.6 Å². The molecule has 0 radical (unpaired) electrons. The van der Waals surface area contributed by atoms with Crippen LogP contribution in [0.25, 0.3) is 0 Å². The van der Waals surface area contributed by atoms with Gasteiger partial charge in [0.25, 0.3) is 5.91 Å². The number of rotatable bonds is 5. The highest BCUT2D eigenvalue weighted by atomic mass is 16.5. The monoisotopic (exact) mass is 290 g/mol. The van der Waals surface area contributed by atoms with Crippen LogP contribution in [0.2, 0.25) is 0 Å². The average molecular weight is 290 g/mol. The van der Waals surface area contributed by atoms with Crippen LogP contribution < -0.4 is 10.1 Å². The highest BCUT2D eigenvalue weighted by molar-refractivity contribution is 5.98. The maximum atomic E-state index is 12.2. The van der Waals surface area contributed by atoms with E-state index in [1.807, 2.05) is 13.0 Å². The molecule has 0 bridgehead atoms. The number of esters is 1. The molecule has 0 saturated heterocycles. The van der Waals surface area contributed by atoms with Gasteiger partial charge in [-0.25, -0.2) is 0 Å². The van der Waals surface area contributed by atoms with Crippen LogP contribution in [0.15, 0.2) is 18.2 Å². The van der Waals surface area contributed by atoms with Crippen LogP contribution in [0.3, 0.4) is 0 Å². The third-order valence-corrected chi connectivity index (χ3v) is 3.23. The fourth-order valence-corrected chi connectivity index (χ4v) is 1.61. The van der Waals surface area contributed by atoms with Crippen molar-refractivity contribution in [1.29, 1.82) is 5.26 Å². The van der Waals surface area contributed by atoms with E-state index in [0.29, 0.717) is 12.1 Å². The molecule has 1 amide bonds. The molecule has 0 heterocycles. The van der Waals surface area contributed by atoms with E-state index < -0.39 is 11.6 Å². The number of methoxy groups -OCH3 is 1. The zero-order chi connectivity index (χ0) is 16.0. The molecule has 0 fully saturated rings. The van der Waals surface area contributed by atoms with Crippen LogP contribution >= 0.6 is 0 Å². The second kappa shape index (κ2) is 6.86. The van der Waals surface area contributed by atoms with Gasteiger partial charge in [-0.05, 0) is 25.5 Å². The Bertz CT molecular complexity index is 586. The van der Waals surface area contributed by atoms with Crippen molar-refractivity contribution in [3.8, 4) is 11.8 Å². The summed E-state index contributed by atoms with van der Waals surface area (Å²) in [6.07, 6.45) is 0.489. The summed E-state index contributed by atoms with van der Waals surface area (Å²) >= 11 is 0. The lowest BCUT2D eigenvalue weighted by Crippen LogP contribution is -2.41. The highest BCUT2D eigenvalue weighted by Gasteiger charge is 2.31. The van der Waals surface area contributed by atoms with Gasteiger partial charge < -0.3 is 14.8 Å². The smallest absolute Gasteiger partial charge is 0.308 e. The number of nitrogens with one attached hydrogen (secondary N) is 1. The average Bonchev–Trinajstić information content (AvgIpc) is 2.47. The first-order chi connectivity index (χ1) is 9.86. The number of nitrogens with zero attached hydrogens (tertiary/aromatic N) is 1. The van der Waals surface area contributed by atoms with E-state index >= 15 is 0 Å². The SMILES string of the molecule is CCC(C)(OC)C(=O)Nc1ccc(OC(C)=O)cc1C#N. The van der Waals surface area contributed by atoms with Crippen molar-refractivity contribution in [3.05, 3.63) is 23.8 Å². The Balaban J connectivity index is 3.02. The van der Waals surface area contributed by atoms with Crippen LogP contribution in [0.1, 0.15) is 32.8 Å². The standard InChI is InChI=1S/C15H18N2O4/c1-5-15(3,20-4)14(19)17-13-7-6-12(21-10(2)18)8-11(13)9-16/h6-8H,5H2,1-4H3,(H,17,19). The first kappa shape index (κ1) is 16.7. The van der Waals surface area contributed by atoms with Crippen molar-refractivity contribution in [2.75, 3.05) is 12.4 Å². The van der Waals surface area contributed by atoms with Gasteiger partial charge >= 0.3 is 5.97 Å². The lowest BCUT2D eigenvalue weighted by Gasteiger charge is -2.25. The molecule has 1 N–H and O–H groups in total. The van der Waals surface area contributed by atoms with E-state index in [2.05, 4.69) is 5.32 Å². The molecule has 1 aromatic carbocycles. The Hall–Kier alpha value is -2.39. The molecule has 1 unspecified atom stereocenters. The normalized spacial score (nSPS) is 12.9. The maximum absolute atomic E-state index is 12.2. The summed E-state index contributed by atoms with van der Waals surface area (Å²) in [7, 11) is 1.46. The minimum atomic E-state index is -0.971. The minimum absolute atomic E-state index is 0.205. The topological polar surface area (TPSA) is 88.4 Å². The Kier molecular flexibility index (Phi) is 5.44. The van der Waals surface area contributed by atoms with Gasteiger partial charge in [-0.1, -0.05) is 6.92 Å². The molecule has 0 saturated carbocycles. The number of anilines is 1. The first-order valence-electron chi connectivity index (χ1n) is 6.45. The third kappa shape index (κ3) is 4.04. The van der Waals surface area contributed by atoms with Gasteiger partial charge in [-0.2, -0.15) is 5.26 Å². The van der Waals surface area contributed by atoms with Crippen LogP contribution in [0.4, 0.5) is 5.69 Å². The number of ether oxygens (including phenoxy) is 2. The summed E-state index contributed by atoms with van der Waals surface area (Å²) < 4.78 is 10.1. The second-order valence-electron chi connectivity index (χ2n) is 4.66. The van der Waals surface area contributed by atoms with Gasteiger partial charge in [0.05, 0.1) is 11.3 Å². The van der Waals surface area contributed by atoms with Gasteiger partial charge in [0, 0.05) is 20.1 Å². The van der Waals surface area contributed by atoms with E-state index in [1.165, 1.54) is 32.2 Å². The van der Waals surface area contributed by atoms with Gasteiger partial charge in [-0.15, -0.1) is 0 Å². The third-order valence-electron chi connectivity index (χ3n) is 3.23. The zero-order valence-electron chi connectivity index (χ0n) is 12.5. The number of hydrogen-bond acceptors (Lipinski definition) is 5. The summed E-state index contributed by atoms with van der Waals surface area (Å²) in [5, 5.41) is 11.8. The summed E-state index contributed by atoms with van der Waals surface area (Å²) in [5.41, 5.74) is -0.423. The van der Waals surface area contributed by atoms with Crippen LogP contribution in [0, 0.1) is 11.3 Å². The molecule has 0 aliphatic carbocycles. The van der Waals surface area contributed by atoms with Gasteiger partial charge in [0.15, 0.2) is 0 Å². The number of benzene rings is 1. The number of hydrogen-bond donors (Lipinski definition) is 1. The van der Waals surface area contributed by atoms with E-state index in [-0.39, 0.29) is 17.2 Å². The van der Waals surface area contributed by atoms with Crippen LogP contribution in [-0.2, 0) is 14.3 Å². The predicted molar refractivity (Wildman–Crippen MR) is 76.8 cm³/mol. The lowest BCUT2D eigenvalue weighted by atomic mass is 10.0. The van der Waals surface area contributed by atoms with Crippen molar-refractivity contribution in [3.63, 3.8) is 0 Å². The number of carbonyl (C=O) groups is 2. The van der Waals surface area contributed by atoms with Crippen molar-refractivity contribution in [2.45, 2.75) is 32.8 Å². The summed E-state index contributed by atoms with van der Waals surface area (Å²) in [6, 6.07) is 6.37. The molecular formula is C15H18N2O4. The molecule has 1 aromatic rings. The quantitative estimate of drug-likeness (QED) is 0.663. The highest BCUT2D eigenvalue weighted by Crippen LogP contribution is 2.24. The molecule has 0 aliphatic rings. The molecule has 21 heavy (non-hydrogen) atoms. The Morgan fingerprint density at radius 2 is 2.10 bits per heavy atom. The summed E-state index contributed by atoms with van der Waals surface area (Å²) in [6.45, 7) is 4.77. The fraction of sp³-hybridized carbons (Fsp3) is 0.400. The Morgan fingerprint density at radius 1 is 1.43 bits per heavy atom. The fourth-order valence-electron chi connectivity index (χ4n) is 1.61. The lowest BCUT2D eigenvalue weighted by molar-refractivity contribution is -0.136. The molecule has 0 aromatic heterocycles. The second-order valence-corrected chi connectivity index (χ2v) is 4.66. The number of carbonyl (C=O) groups excluding carboxylic acids is 2. The molecular weight excluding hydrogens is 272 g/mol. The number of nitriles is 1. The largest absolute Gasteiger partial charge is 0.427 e. The molecule has 0 aliphatic heterocycles. The molecule has 0 spiro atoms. The van der Waals surface area contributed by atoms with Crippen molar-refractivity contribution in [2.24, 2.45) is 0 Å². The molecule has 112 valence electrons. The van der Waals surface area contributed by atoms with E-state index in [4.69, 9.17) is 14.7 Å². The van der Waals surface area contributed by atoms with Crippen LogP contribution in [-0.4, -0.2) is 24.6 Å². The van der Waals surface area contributed by atoms with E-state index in [1.54, 1.807) is 6.92 Å².